The van der Waals surface area contributed by atoms with E-state index in [1.54, 1.807) is 22.6 Å². The minimum absolute atomic E-state index is 0.0509. The van der Waals surface area contributed by atoms with Crippen molar-refractivity contribution in [1.29, 1.82) is 0 Å². The minimum atomic E-state index is -0.388. The van der Waals surface area contributed by atoms with Crippen molar-refractivity contribution in [2.24, 2.45) is 0 Å². The zero-order valence-corrected chi connectivity index (χ0v) is 17.9. The zero-order chi connectivity index (χ0) is 22.3. The number of hydrogen-bond donors (Lipinski definition) is 1. The van der Waals surface area contributed by atoms with E-state index >= 15 is 0 Å². The molecule has 1 unspecified atom stereocenters. The van der Waals surface area contributed by atoms with Gasteiger partial charge in [0.2, 0.25) is 5.95 Å². The number of carbonyl (C=O) groups excluding carboxylic acids is 1. The van der Waals surface area contributed by atoms with Crippen LogP contribution in [-0.2, 0) is 0 Å². The van der Waals surface area contributed by atoms with Crippen molar-refractivity contribution in [1.82, 2.24) is 23.9 Å². The Morgan fingerprint density at radius 2 is 1.90 bits per heavy atom. The summed E-state index contributed by atoms with van der Waals surface area (Å²) in [6.07, 6.45) is 2.84. The summed E-state index contributed by atoms with van der Waals surface area (Å²) in [6, 6.07) is 10.6. The molecule has 31 heavy (non-hydrogen) atoms. The third-order valence-electron chi connectivity index (χ3n) is 5.19. The van der Waals surface area contributed by atoms with Gasteiger partial charge in [-0.15, -0.1) is 0 Å². The molecule has 0 aliphatic rings. The summed E-state index contributed by atoms with van der Waals surface area (Å²) >= 11 is 6.21. The van der Waals surface area contributed by atoms with E-state index in [4.69, 9.17) is 17.3 Å². The lowest BCUT2D eigenvalue weighted by Gasteiger charge is -2.29. The summed E-state index contributed by atoms with van der Waals surface area (Å²) in [5, 5.41) is 0.222. The van der Waals surface area contributed by atoms with E-state index in [0.29, 0.717) is 28.4 Å². The number of fused-ring (bicyclic) bond motifs is 1. The second kappa shape index (κ2) is 7.84. The number of benzene rings is 1. The second-order valence-corrected chi connectivity index (χ2v) is 7.49. The van der Waals surface area contributed by atoms with E-state index in [0.717, 1.165) is 0 Å². The molecule has 0 aliphatic carbocycles. The van der Waals surface area contributed by atoms with Gasteiger partial charge in [0.1, 0.15) is 16.6 Å². The molecule has 4 rings (SSSR count). The Kier molecular flexibility index (Phi) is 5.20. The van der Waals surface area contributed by atoms with Crippen molar-refractivity contribution < 1.29 is 4.79 Å². The van der Waals surface area contributed by atoms with Crippen LogP contribution in [0.4, 0.5) is 11.8 Å². The molecule has 3 aromatic heterocycles. The van der Waals surface area contributed by atoms with Crippen LogP contribution in [0.25, 0.3) is 11.3 Å². The average Bonchev–Trinajstić information content (AvgIpc) is 3.13. The van der Waals surface area contributed by atoms with E-state index in [1.165, 1.54) is 23.7 Å². The number of hydrogen-bond acceptors (Lipinski definition) is 7. The van der Waals surface area contributed by atoms with Crippen LogP contribution in [0.1, 0.15) is 35.9 Å². The Hall–Kier alpha value is -3.72. The number of aromatic nitrogens is 5. The molecule has 0 bridgehead atoms. The number of anilines is 2. The van der Waals surface area contributed by atoms with Crippen LogP contribution in [0, 0.1) is 0 Å². The van der Waals surface area contributed by atoms with E-state index in [1.807, 2.05) is 37.3 Å². The first-order chi connectivity index (χ1) is 14.8. The molecule has 0 saturated heterocycles. The minimum Gasteiger partial charge on any atom is -0.368 e. The highest BCUT2D eigenvalue weighted by Gasteiger charge is 2.24. The van der Waals surface area contributed by atoms with Crippen LogP contribution >= 0.6 is 11.6 Å². The van der Waals surface area contributed by atoms with Gasteiger partial charge >= 0.3 is 5.69 Å². The molecule has 158 valence electrons. The number of halogens is 1. The highest BCUT2D eigenvalue weighted by molar-refractivity contribution is 6.29. The molecular formula is C21H20ClN7O2. The molecule has 2 N–H and O–H groups in total. The molecule has 0 spiro atoms. The Labute approximate surface area is 182 Å². The van der Waals surface area contributed by atoms with Gasteiger partial charge in [-0.3, -0.25) is 9.36 Å². The first-order valence-electron chi connectivity index (χ1n) is 9.50. The van der Waals surface area contributed by atoms with E-state index in [2.05, 4.69) is 15.0 Å². The number of imidazole rings is 1. The zero-order valence-electron chi connectivity index (χ0n) is 17.2. The lowest BCUT2D eigenvalue weighted by Crippen LogP contribution is -2.33. The Balaban J connectivity index is 1.95. The number of nitrogens with two attached hydrogens (primary N) is 1. The van der Waals surface area contributed by atoms with Gasteiger partial charge in [-0.1, -0.05) is 29.8 Å². The molecule has 1 aromatic carbocycles. The topological polar surface area (TPSA) is 111 Å². The molecule has 3 heterocycles. The van der Waals surface area contributed by atoms with Crippen LogP contribution in [0.15, 0.2) is 53.6 Å². The summed E-state index contributed by atoms with van der Waals surface area (Å²) in [4.78, 5) is 39.8. The summed E-state index contributed by atoms with van der Waals surface area (Å²) < 4.78 is 2.91. The quantitative estimate of drug-likeness (QED) is 0.478. The van der Waals surface area contributed by atoms with E-state index in [9.17, 15) is 9.59 Å². The number of para-hydroxylation sites is 1. The summed E-state index contributed by atoms with van der Waals surface area (Å²) in [6.45, 7) is 3.34. The lowest BCUT2D eigenvalue weighted by molar-refractivity contribution is 0.101. The smallest absolute Gasteiger partial charge is 0.339 e. The van der Waals surface area contributed by atoms with Crippen LogP contribution in [-0.4, -0.2) is 36.8 Å². The lowest BCUT2D eigenvalue weighted by atomic mass is 10.1. The van der Waals surface area contributed by atoms with Gasteiger partial charge < -0.3 is 10.6 Å². The van der Waals surface area contributed by atoms with Crippen LogP contribution in [0.2, 0.25) is 5.15 Å². The van der Waals surface area contributed by atoms with Crippen molar-refractivity contribution in [2.75, 3.05) is 17.7 Å². The number of nitrogen functional groups attached to an aromatic ring is 1. The normalized spacial score (nSPS) is 12.1. The molecule has 0 radical (unpaired) electrons. The maximum atomic E-state index is 13.4. The fraction of sp³-hybridized carbons (Fsp3) is 0.190. The van der Waals surface area contributed by atoms with Crippen molar-refractivity contribution in [3.63, 3.8) is 0 Å². The molecule has 0 aliphatic heterocycles. The summed E-state index contributed by atoms with van der Waals surface area (Å²) in [5.41, 5.74) is 7.50. The van der Waals surface area contributed by atoms with Crippen molar-refractivity contribution >= 4 is 34.8 Å². The molecule has 0 fully saturated rings. The highest BCUT2D eigenvalue weighted by Crippen LogP contribution is 2.29. The molecule has 10 heteroatoms. The van der Waals surface area contributed by atoms with Gasteiger partial charge in [0.05, 0.1) is 29.2 Å². The van der Waals surface area contributed by atoms with Gasteiger partial charge in [0.25, 0.3) is 0 Å². The van der Waals surface area contributed by atoms with Gasteiger partial charge in [0, 0.05) is 19.3 Å². The van der Waals surface area contributed by atoms with E-state index < -0.39 is 0 Å². The molecule has 9 nitrogen and oxygen atoms in total. The van der Waals surface area contributed by atoms with Gasteiger partial charge in [-0.2, -0.15) is 4.98 Å². The average molecular weight is 438 g/mol. The van der Waals surface area contributed by atoms with Gasteiger partial charge in [-0.25, -0.2) is 19.2 Å². The van der Waals surface area contributed by atoms with Gasteiger partial charge in [-0.05, 0) is 26.0 Å². The predicted molar refractivity (Wildman–Crippen MR) is 119 cm³/mol. The van der Waals surface area contributed by atoms with E-state index in [-0.39, 0.29) is 28.6 Å². The third kappa shape index (κ3) is 3.53. The monoisotopic (exact) mass is 437 g/mol. The summed E-state index contributed by atoms with van der Waals surface area (Å²) in [7, 11) is 1.78. The maximum absolute atomic E-state index is 13.4. The number of nitrogens with zero attached hydrogens (tertiary/aromatic N) is 6. The largest absolute Gasteiger partial charge is 0.368 e. The highest BCUT2D eigenvalue weighted by atomic mass is 35.5. The fourth-order valence-corrected chi connectivity index (χ4v) is 3.68. The third-order valence-corrected chi connectivity index (χ3v) is 5.45. The number of rotatable bonds is 5. The van der Waals surface area contributed by atoms with Gasteiger partial charge in [0.15, 0.2) is 5.78 Å². The number of Topliss-reactive ketones (excluding diaryl/α,β-unsaturated/α-hetero) is 1. The second-order valence-electron chi connectivity index (χ2n) is 7.11. The predicted octanol–water partition coefficient (Wildman–Crippen LogP) is 2.91. The Morgan fingerprint density at radius 3 is 2.58 bits per heavy atom. The van der Waals surface area contributed by atoms with Crippen molar-refractivity contribution in [2.45, 2.75) is 19.9 Å². The molecule has 1 atom stereocenters. The van der Waals surface area contributed by atoms with Crippen LogP contribution in [0.3, 0.4) is 0 Å². The molecular weight excluding hydrogens is 418 g/mol. The SMILES string of the molecule is CC(=O)c1cnc(N)nc1N(C)C(C)c1cc2ncc(Cl)n2c(=O)n1-c1ccccc1. The molecule has 0 amide bonds. The fourth-order valence-electron chi connectivity index (χ4n) is 3.47. The number of ketones is 1. The first kappa shape index (κ1) is 20.5. The summed E-state index contributed by atoms with van der Waals surface area (Å²) in [5.74, 6) is 0.237. The van der Waals surface area contributed by atoms with Crippen LogP contribution in [0.5, 0.6) is 0 Å². The van der Waals surface area contributed by atoms with Crippen molar-refractivity contribution in [3.8, 4) is 5.69 Å². The maximum Gasteiger partial charge on any atom is 0.339 e. The van der Waals surface area contributed by atoms with Crippen LogP contribution < -0.4 is 16.3 Å². The number of carbonyl (C=O) groups is 1. The molecule has 4 aromatic rings. The Morgan fingerprint density at radius 1 is 1.19 bits per heavy atom. The molecule has 0 saturated carbocycles. The van der Waals surface area contributed by atoms with Crippen molar-refractivity contribution in [3.05, 3.63) is 75.7 Å². The standard InChI is InChI=1S/C21H20ClN7O2/c1-12(27(3)19-15(13(2)30)10-25-20(23)26-19)16-9-18-24-11-17(22)29(18)21(31)28(16)14-7-5-4-6-8-14/h4-12H,1-3H3,(H2,23,25,26). The first-order valence-corrected chi connectivity index (χ1v) is 9.88. The Bertz CT molecular complexity index is 1350.